The van der Waals surface area contributed by atoms with Crippen LogP contribution in [0.4, 0.5) is 0 Å². The van der Waals surface area contributed by atoms with Crippen molar-refractivity contribution in [2.24, 2.45) is 0 Å². The Kier molecular flexibility index (Phi) is 5.11. The average Bonchev–Trinajstić information content (AvgIpc) is 2.24. The molecule has 4 nitrogen and oxygen atoms in total. The van der Waals surface area contributed by atoms with Gasteiger partial charge in [-0.2, -0.15) is 0 Å². The van der Waals surface area contributed by atoms with Crippen LogP contribution in [0.25, 0.3) is 0 Å². The maximum Gasteiger partial charge on any atom is 0.130 e. The highest BCUT2D eigenvalue weighted by Gasteiger charge is 1.98. The molecule has 0 bridgehead atoms. The molecule has 0 amide bonds. The fraction of sp³-hybridized carbons (Fsp3) is 0.600. The predicted molar refractivity (Wildman–Crippen MR) is 55.0 cm³/mol. The van der Waals surface area contributed by atoms with Crippen molar-refractivity contribution in [3.8, 4) is 0 Å². The summed E-state index contributed by atoms with van der Waals surface area (Å²) in [6.45, 7) is 4.51. The normalized spacial score (nSPS) is 10.4. The SMILES string of the molecule is CCNCc1ccnc(CCOC)n1. The van der Waals surface area contributed by atoms with Gasteiger partial charge in [-0.1, -0.05) is 6.92 Å². The second-order valence-corrected chi connectivity index (χ2v) is 2.99. The molecule has 0 aliphatic rings. The van der Waals surface area contributed by atoms with E-state index in [-0.39, 0.29) is 0 Å². The Bertz CT molecular complexity index is 242. The van der Waals surface area contributed by atoms with Crippen molar-refractivity contribution in [3.63, 3.8) is 0 Å². The number of methoxy groups -OCH3 is 1. The van der Waals surface area contributed by atoms with Gasteiger partial charge in [0.15, 0.2) is 0 Å². The second-order valence-electron chi connectivity index (χ2n) is 2.99. The second kappa shape index (κ2) is 6.45. The molecule has 0 aliphatic heterocycles. The summed E-state index contributed by atoms with van der Waals surface area (Å²) in [6.07, 6.45) is 2.57. The maximum atomic E-state index is 4.97. The summed E-state index contributed by atoms with van der Waals surface area (Å²) in [5.74, 6) is 0.849. The number of hydrogen-bond donors (Lipinski definition) is 1. The van der Waals surface area contributed by atoms with Crippen LogP contribution < -0.4 is 5.32 Å². The standard InChI is InChI=1S/C10H17N3O/c1-3-11-8-9-4-6-12-10(13-9)5-7-14-2/h4,6,11H,3,5,7-8H2,1-2H3. The van der Waals surface area contributed by atoms with Gasteiger partial charge in [-0.3, -0.25) is 0 Å². The molecule has 0 radical (unpaired) electrons. The third kappa shape index (κ3) is 3.81. The summed E-state index contributed by atoms with van der Waals surface area (Å²) in [5, 5.41) is 3.23. The van der Waals surface area contributed by atoms with E-state index in [0.29, 0.717) is 6.61 Å². The third-order valence-electron chi connectivity index (χ3n) is 1.85. The van der Waals surface area contributed by atoms with E-state index in [0.717, 1.165) is 31.0 Å². The molecule has 0 aromatic carbocycles. The van der Waals surface area contributed by atoms with Gasteiger partial charge in [0.2, 0.25) is 0 Å². The number of nitrogens with zero attached hydrogens (tertiary/aromatic N) is 2. The molecule has 1 N–H and O–H groups in total. The third-order valence-corrected chi connectivity index (χ3v) is 1.85. The lowest BCUT2D eigenvalue weighted by Crippen LogP contribution is -2.14. The van der Waals surface area contributed by atoms with Crippen molar-refractivity contribution in [1.29, 1.82) is 0 Å². The Labute approximate surface area is 84.7 Å². The fourth-order valence-corrected chi connectivity index (χ4v) is 1.11. The summed E-state index contributed by atoms with van der Waals surface area (Å²) in [4.78, 5) is 8.56. The van der Waals surface area contributed by atoms with Crippen molar-refractivity contribution < 1.29 is 4.74 Å². The zero-order valence-corrected chi connectivity index (χ0v) is 8.79. The minimum atomic E-state index is 0.671. The fourth-order valence-electron chi connectivity index (χ4n) is 1.11. The van der Waals surface area contributed by atoms with E-state index in [1.165, 1.54) is 0 Å². The van der Waals surface area contributed by atoms with Crippen LogP contribution in [0.5, 0.6) is 0 Å². The average molecular weight is 195 g/mol. The minimum absolute atomic E-state index is 0.671. The first kappa shape index (κ1) is 11.1. The summed E-state index contributed by atoms with van der Waals surface area (Å²) in [7, 11) is 1.68. The maximum absolute atomic E-state index is 4.97. The molecule has 1 rings (SSSR count). The van der Waals surface area contributed by atoms with Gasteiger partial charge in [-0.25, -0.2) is 9.97 Å². The monoisotopic (exact) mass is 195 g/mol. The van der Waals surface area contributed by atoms with E-state index in [1.807, 2.05) is 6.07 Å². The van der Waals surface area contributed by atoms with Gasteiger partial charge in [-0.05, 0) is 12.6 Å². The van der Waals surface area contributed by atoms with Crippen LogP contribution in [0.15, 0.2) is 12.3 Å². The number of aromatic nitrogens is 2. The molecule has 0 saturated heterocycles. The van der Waals surface area contributed by atoms with Crippen LogP contribution in [0.2, 0.25) is 0 Å². The molecule has 78 valence electrons. The Morgan fingerprint density at radius 3 is 3.07 bits per heavy atom. The zero-order valence-electron chi connectivity index (χ0n) is 8.79. The van der Waals surface area contributed by atoms with Crippen molar-refractivity contribution >= 4 is 0 Å². The van der Waals surface area contributed by atoms with E-state index in [9.17, 15) is 0 Å². The molecule has 4 heteroatoms. The Morgan fingerprint density at radius 2 is 2.36 bits per heavy atom. The van der Waals surface area contributed by atoms with Crippen LogP contribution in [0.3, 0.4) is 0 Å². The Balaban J connectivity index is 2.50. The van der Waals surface area contributed by atoms with Crippen LogP contribution in [0, 0.1) is 0 Å². The molecule has 1 aromatic rings. The van der Waals surface area contributed by atoms with Crippen LogP contribution in [0.1, 0.15) is 18.4 Å². The molecule has 14 heavy (non-hydrogen) atoms. The van der Waals surface area contributed by atoms with Gasteiger partial charge in [0.05, 0.1) is 12.3 Å². The number of rotatable bonds is 6. The molecular weight excluding hydrogens is 178 g/mol. The Morgan fingerprint density at radius 1 is 1.50 bits per heavy atom. The molecule has 0 spiro atoms. The number of hydrogen-bond acceptors (Lipinski definition) is 4. The van der Waals surface area contributed by atoms with Crippen molar-refractivity contribution in [2.45, 2.75) is 19.9 Å². The smallest absolute Gasteiger partial charge is 0.130 e. The number of ether oxygens (including phenoxy) is 1. The molecule has 1 heterocycles. The number of nitrogens with one attached hydrogen (secondary N) is 1. The van der Waals surface area contributed by atoms with Gasteiger partial charge in [-0.15, -0.1) is 0 Å². The van der Waals surface area contributed by atoms with E-state index >= 15 is 0 Å². The Hall–Kier alpha value is -1.00. The van der Waals surface area contributed by atoms with Gasteiger partial charge in [0, 0.05) is 26.3 Å². The van der Waals surface area contributed by atoms with E-state index in [1.54, 1.807) is 13.3 Å². The van der Waals surface area contributed by atoms with Crippen LogP contribution in [-0.2, 0) is 17.7 Å². The molecule has 0 saturated carbocycles. The lowest BCUT2D eigenvalue weighted by Gasteiger charge is -2.03. The molecule has 1 aromatic heterocycles. The first-order valence-corrected chi connectivity index (χ1v) is 4.87. The lowest BCUT2D eigenvalue weighted by atomic mass is 10.3. The summed E-state index contributed by atoms with van der Waals surface area (Å²) < 4.78 is 4.97. The summed E-state index contributed by atoms with van der Waals surface area (Å²) in [5.41, 5.74) is 1.04. The van der Waals surface area contributed by atoms with Gasteiger partial charge < -0.3 is 10.1 Å². The molecule has 0 fully saturated rings. The van der Waals surface area contributed by atoms with Crippen molar-refractivity contribution in [2.75, 3.05) is 20.3 Å². The lowest BCUT2D eigenvalue weighted by molar-refractivity contribution is 0.200. The highest BCUT2D eigenvalue weighted by atomic mass is 16.5. The van der Waals surface area contributed by atoms with E-state index < -0.39 is 0 Å². The molecule has 0 atom stereocenters. The topological polar surface area (TPSA) is 47.0 Å². The highest BCUT2D eigenvalue weighted by Crippen LogP contribution is 1.96. The van der Waals surface area contributed by atoms with Crippen LogP contribution in [-0.4, -0.2) is 30.2 Å². The highest BCUT2D eigenvalue weighted by molar-refractivity contribution is 5.02. The van der Waals surface area contributed by atoms with E-state index in [2.05, 4.69) is 22.2 Å². The molecule has 0 unspecified atom stereocenters. The zero-order chi connectivity index (χ0) is 10.2. The van der Waals surface area contributed by atoms with Gasteiger partial charge >= 0.3 is 0 Å². The molecule has 0 aliphatic carbocycles. The quantitative estimate of drug-likeness (QED) is 0.728. The largest absolute Gasteiger partial charge is 0.384 e. The summed E-state index contributed by atoms with van der Waals surface area (Å²) in [6, 6.07) is 1.93. The first-order chi connectivity index (χ1) is 6.86. The predicted octanol–water partition coefficient (Wildman–Crippen LogP) is 0.775. The molecular formula is C10H17N3O. The first-order valence-electron chi connectivity index (χ1n) is 4.87. The van der Waals surface area contributed by atoms with Crippen molar-refractivity contribution in [3.05, 3.63) is 23.8 Å². The van der Waals surface area contributed by atoms with Gasteiger partial charge in [0.25, 0.3) is 0 Å². The summed E-state index contributed by atoms with van der Waals surface area (Å²) >= 11 is 0. The van der Waals surface area contributed by atoms with Gasteiger partial charge in [0.1, 0.15) is 5.82 Å². The van der Waals surface area contributed by atoms with Crippen molar-refractivity contribution in [1.82, 2.24) is 15.3 Å². The van der Waals surface area contributed by atoms with Crippen LogP contribution >= 0.6 is 0 Å². The van der Waals surface area contributed by atoms with E-state index in [4.69, 9.17) is 4.74 Å². The minimum Gasteiger partial charge on any atom is -0.384 e.